The van der Waals surface area contributed by atoms with Crippen LogP contribution in [0, 0.1) is 11.3 Å². The van der Waals surface area contributed by atoms with Crippen molar-refractivity contribution in [1.82, 2.24) is 4.90 Å². The van der Waals surface area contributed by atoms with E-state index in [9.17, 15) is 4.79 Å². The Kier molecular flexibility index (Phi) is 5.18. The summed E-state index contributed by atoms with van der Waals surface area (Å²) in [6, 6.07) is 0.779. The van der Waals surface area contributed by atoms with Gasteiger partial charge in [0.1, 0.15) is 5.78 Å². The summed E-state index contributed by atoms with van der Waals surface area (Å²) >= 11 is 0. The molecule has 0 aliphatic heterocycles. The van der Waals surface area contributed by atoms with E-state index < -0.39 is 0 Å². The molecule has 0 spiro atoms. The van der Waals surface area contributed by atoms with Crippen molar-refractivity contribution in [1.29, 1.82) is 0 Å². The molecule has 0 N–H and O–H groups in total. The predicted octanol–water partition coefficient (Wildman–Crippen LogP) is 3.50. The zero-order valence-corrected chi connectivity index (χ0v) is 12.3. The normalized spacial score (nSPS) is 16.9. The minimum absolute atomic E-state index is 0.173. The van der Waals surface area contributed by atoms with Crippen LogP contribution in [0.15, 0.2) is 0 Å². The van der Waals surface area contributed by atoms with Gasteiger partial charge in [0.15, 0.2) is 0 Å². The van der Waals surface area contributed by atoms with E-state index in [4.69, 9.17) is 0 Å². The van der Waals surface area contributed by atoms with Crippen LogP contribution in [0.5, 0.6) is 0 Å². The predicted molar refractivity (Wildman–Crippen MR) is 73.1 cm³/mol. The van der Waals surface area contributed by atoms with Crippen molar-refractivity contribution in [2.24, 2.45) is 11.3 Å². The number of hydrogen-bond donors (Lipinski definition) is 0. The third-order valence-corrected chi connectivity index (χ3v) is 3.52. The molecule has 1 aliphatic rings. The second kappa shape index (κ2) is 5.99. The van der Waals surface area contributed by atoms with E-state index in [0.29, 0.717) is 5.78 Å². The lowest BCUT2D eigenvalue weighted by atomic mass is 9.89. The van der Waals surface area contributed by atoms with Crippen molar-refractivity contribution >= 4 is 5.78 Å². The first-order chi connectivity index (χ1) is 7.80. The number of carbonyl (C=O) groups excluding carboxylic acids is 1. The van der Waals surface area contributed by atoms with Crippen LogP contribution < -0.4 is 0 Å². The average Bonchev–Trinajstić information content (AvgIpc) is 2.99. The fourth-order valence-corrected chi connectivity index (χ4v) is 1.96. The lowest BCUT2D eigenvalue weighted by Crippen LogP contribution is -2.32. The molecule has 1 aliphatic carbocycles. The summed E-state index contributed by atoms with van der Waals surface area (Å²) in [5, 5.41) is 0. The molecule has 0 atom stereocenters. The summed E-state index contributed by atoms with van der Waals surface area (Å²) in [4.78, 5) is 14.5. The van der Waals surface area contributed by atoms with Crippen LogP contribution in [-0.2, 0) is 4.79 Å². The van der Waals surface area contributed by atoms with Gasteiger partial charge in [0.2, 0.25) is 0 Å². The molecule has 0 saturated heterocycles. The van der Waals surface area contributed by atoms with Gasteiger partial charge < -0.3 is 0 Å². The van der Waals surface area contributed by atoms with E-state index >= 15 is 0 Å². The summed E-state index contributed by atoms with van der Waals surface area (Å²) in [7, 11) is 0. The molecule has 0 heterocycles. The lowest BCUT2D eigenvalue weighted by molar-refractivity contribution is -0.126. The maximum absolute atomic E-state index is 11.9. The van der Waals surface area contributed by atoms with Crippen molar-refractivity contribution in [3.8, 4) is 0 Å². The number of carbonyl (C=O) groups is 1. The third-order valence-electron chi connectivity index (χ3n) is 3.52. The zero-order valence-electron chi connectivity index (χ0n) is 12.3. The Morgan fingerprint density at radius 1 is 1.24 bits per heavy atom. The third kappa shape index (κ3) is 5.67. The highest BCUT2D eigenvalue weighted by Crippen LogP contribution is 2.28. The van der Waals surface area contributed by atoms with Gasteiger partial charge in [-0.25, -0.2) is 0 Å². The summed E-state index contributed by atoms with van der Waals surface area (Å²) in [6.45, 7) is 12.7. The number of ketones is 1. The van der Waals surface area contributed by atoms with Crippen LogP contribution in [0.2, 0.25) is 0 Å². The van der Waals surface area contributed by atoms with Gasteiger partial charge in [-0.1, -0.05) is 34.6 Å². The zero-order chi connectivity index (χ0) is 13.1. The highest BCUT2D eigenvalue weighted by atomic mass is 16.1. The Morgan fingerprint density at radius 3 is 2.24 bits per heavy atom. The van der Waals surface area contributed by atoms with Crippen molar-refractivity contribution in [2.45, 2.75) is 66.3 Å². The first-order valence-corrected chi connectivity index (χ1v) is 7.08. The number of hydrogen-bond acceptors (Lipinski definition) is 2. The van der Waals surface area contributed by atoms with E-state index in [-0.39, 0.29) is 5.41 Å². The average molecular weight is 239 g/mol. The summed E-state index contributed by atoms with van der Waals surface area (Å²) in [6.07, 6.45) is 4.64. The quantitative estimate of drug-likeness (QED) is 0.677. The van der Waals surface area contributed by atoms with Crippen molar-refractivity contribution in [3.05, 3.63) is 0 Å². The molecule has 17 heavy (non-hydrogen) atoms. The second-order valence-electron chi connectivity index (χ2n) is 6.87. The first-order valence-electron chi connectivity index (χ1n) is 7.08. The molecule has 2 nitrogen and oxygen atoms in total. The fourth-order valence-electron chi connectivity index (χ4n) is 1.96. The van der Waals surface area contributed by atoms with Gasteiger partial charge in [0.05, 0.1) is 0 Å². The summed E-state index contributed by atoms with van der Waals surface area (Å²) in [5.74, 6) is 1.15. The molecule has 1 rings (SSSR count). The highest BCUT2D eigenvalue weighted by molar-refractivity contribution is 5.83. The van der Waals surface area contributed by atoms with E-state index in [0.717, 1.165) is 24.9 Å². The number of Topliss-reactive ketones (excluding diaryl/α,β-unsaturated/α-hetero) is 1. The van der Waals surface area contributed by atoms with Gasteiger partial charge in [-0.05, 0) is 31.7 Å². The van der Waals surface area contributed by atoms with Crippen LogP contribution in [-0.4, -0.2) is 29.8 Å². The maximum atomic E-state index is 11.9. The number of rotatable bonds is 7. The molecule has 2 heteroatoms. The van der Waals surface area contributed by atoms with E-state index in [1.807, 2.05) is 20.8 Å². The molecular weight excluding hydrogens is 210 g/mol. The van der Waals surface area contributed by atoms with Crippen LogP contribution >= 0.6 is 0 Å². The van der Waals surface area contributed by atoms with Gasteiger partial charge in [-0.15, -0.1) is 0 Å². The van der Waals surface area contributed by atoms with Crippen LogP contribution in [0.1, 0.15) is 60.3 Å². The second-order valence-corrected chi connectivity index (χ2v) is 6.87. The number of nitrogens with zero attached hydrogens (tertiary/aromatic N) is 1. The van der Waals surface area contributed by atoms with E-state index in [1.165, 1.54) is 25.8 Å². The fraction of sp³-hybridized carbons (Fsp3) is 0.933. The Morgan fingerprint density at radius 2 is 1.82 bits per heavy atom. The molecule has 0 radical (unpaired) electrons. The highest BCUT2D eigenvalue weighted by Gasteiger charge is 2.30. The summed E-state index contributed by atoms with van der Waals surface area (Å²) in [5.41, 5.74) is -0.173. The summed E-state index contributed by atoms with van der Waals surface area (Å²) < 4.78 is 0. The van der Waals surface area contributed by atoms with Crippen molar-refractivity contribution in [3.63, 3.8) is 0 Å². The van der Waals surface area contributed by atoms with Gasteiger partial charge in [-0.2, -0.15) is 0 Å². The van der Waals surface area contributed by atoms with E-state index in [2.05, 4.69) is 18.7 Å². The molecule has 100 valence electrons. The molecule has 0 unspecified atom stereocenters. The van der Waals surface area contributed by atoms with Crippen LogP contribution in [0.25, 0.3) is 0 Å². The van der Waals surface area contributed by atoms with Crippen LogP contribution in [0.4, 0.5) is 0 Å². The molecule has 1 fully saturated rings. The molecule has 0 aromatic rings. The maximum Gasteiger partial charge on any atom is 0.139 e. The topological polar surface area (TPSA) is 20.3 Å². The van der Waals surface area contributed by atoms with Gasteiger partial charge in [0, 0.05) is 24.4 Å². The molecule has 0 bridgehead atoms. The monoisotopic (exact) mass is 239 g/mol. The van der Waals surface area contributed by atoms with Crippen molar-refractivity contribution < 1.29 is 4.79 Å². The molecule has 0 aromatic heterocycles. The van der Waals surface area contributed by atoms with Gasteiger partial charge in [0.25, 0.3) is 0 Å². The van der Waals surface area contributed by atoms with Gasteiger partial charge in [-0.3, -0.25) is 9.69 Å². The smallest absolute Gasteiger partial charge is 0.139 e. The Bertz CT molecular complexity index is 248. The minimum Gasteiger partial charge on any atom is -0.300 e. The van der Waals surface area contributed by atoms with Gasteiger partial charge >= 0.3 is 0 Å². The first kappa shape index (κ1) is 14.7. The Balaban J connectivity index is 2.32. The molecule has 1 saturated carbocycles. The van der Waals surface area contributed by atoms with Crippen LogP contribution in [0.3, 0.4) is 0 Å². The SMILES string of the molecule is CC(C)CCN(CCC(=O)C(C)(C)C)C1CC1. The molecular formula is C15H29NO. The lowest BCUT2D eigenvalue weighted by Gasteiger charge is -2.24. The minimum atomic E-state index is -0.173. The van der Waals surface area contributed by atoms with E-state index in [1.54, 1.807) is 0 Å². The molecule has 0 amide bonds. The van der Waals surface area contributed by atoms with Crippen molar-refractivity contribution in [2.75, 3.05) is 13.1 Å². The molecule has 0 aromatic carbocycles. The standard InChI is InChI=1S/C15H29NO/c1-12(2)8-10-16(13-6-7-13)11-9-14(17)15(3,4)5/h12-13H,6-11H2,1-5H3. The Hall–Kier alpha value is -0.370. The largest absolute Gasteiger partial charge is 0.300 e. The Labute approximate surface area is 107 Å².